The zero-order chi connectivity index (χ0) is 12.0. The Morgan fingerprint density at radius 2 is 1.81 bits per heavy atom. The summed E-state index contributed by atoms with van der Waals surface area (Å²) in [6, 6.07) is 8.67. The van der Waals surface area contributed by atoms with Crippen molar-refractivity contribution in [2.45, 2.75) is 39.0 Å². The Kier molecular flexibility index (Phi) is 4.45. The van der Waals surface area contributed by atoms with Gasteiger partial charge < -0.3 is 0 Å². The second-order valence-corrected chi connectivity index (χ2v) is 5.02. The number of benzene rings is 1. The average molecular weight is 217 g/mol. The first kappa shape index (κ1) is 12.7. The van der Waals surface area contributed by atoms with Crippen LogP contribution in [0.1, 0.15) is 38.3 Å². The van der Waals surface area contributed by atoms with E-state index in [1.165, 1.54) is 11.1 Å². The van der Waals surface area contributed by atoms with Crippen LogP contribution in [0, 0.1) is 0 Å². The normalized spacial score (nSPS) is 10.9. The SMILES string of the molecule is CC(C)(C)c1ccc(CCCN=C=O)cc1. The molecule has 0 bridgehead atoms. The first-order valence-electron chi connectivity index (χ1n) is 5.67. The standard InChI is InChI=1S/C14H19NO/c1-14(2,3)13-8-6-12(7-9-13)5-4-10-15-11-16/h6-9H,4-5,10H2,1-3H3. The van der Waals surface area contributed by atoms with E-state index in [0.717, 1.165) is 12.8 Å². The van der Waals surface area contributed by atoms with Gasteiger partial charge in [-0.05, 0) is 29.4 Å². The highest BCUT2D eigenvalue weighted by Gasteiger charge is 2.12. The van der Waals surface area contributed by atoms with Crippen molar-refractivity contribution in [2.24, 2.45) is 4.99 Å². The second kappa shape index (κ2) is 5.62. The number of isocyanates is 1. The van der Waals surface area contributed by atoms with E-state index in [-0.39, 0.29) is 5.41 Å². The molecule has 0 amide bonds. The summed E-state index contributed by atoms with van der Waals surface area (Å²) < 4.78 is 0. The highest BCUT2D eigenvalue weighted by Crippen LogP contribution is 2.22. The molecule has 16 heavy (non-hydrogen) atoms. The van der Waals surface area contributed by atoms with Crippen LogP contribution in [-0.2, 0) is 16.6 Å². The van der Waals surface area contributed by atoms with E-state index in [2.05, 4.69) is 50.0 Å². The quantitative estimate of drug-likeness (QED) is 0.432. The maximum Gasteiger partial charge on any atom is 0.234 e. The van der Waals surface area contributed by atoms with Crippen LogP contribution in [0.3, 0.4) is 0 Å². The number of carbonyl (C=O) groups excluding carboxylic acids is 1. The Bertz CT molecular complexity index is 367. The topological polar surface area (TPSA) is 29.4 Å². The van der Waals surface area contributed by atoms with Gasteiger partial charge in [-0.3, -0.25) is 0 Å². The van der Waals surface area contributed by atoms with Crippen molar-refractivity contribution in [3.8, 4) is 0 Å². The van der Waals surface area contributed by atoms with Gasteiger partial charge in [0.25, 0.3) is 0 Å². The van der Waals surface area contributed by atoms with E-state index >= 15 is 0 Å². The lowest BCUT2D eigenvalue weighted by molar-refractivity contribution is 0.562. The lowest BCUT2D eigenvalue weighted by Crippen LogP contribution is -2.10. The Morgan fingerprint density at radius 3 is 2.31 bits per heavy atom. The molecule has 0 unspecified atom stereocenters. The monoisotopic (exact) mass is 217 g/mol. The van der Waals surface area contributed by atoms with Gasteiger partial charge in [-0.25, -0.2) is 9.79 Å². The minimum Gasteiger partial charge on any atom is -0.211 e. The molecule has 0 radical (unpaired) electrons. The zero-order valence-electron chi connectivity index (χ0n) is 10.3. The van der Waals surface area contributed by atoms with Crippen LogP contribution in [0.4, 0.5) is 0 Å². The van der Waals surface area contributed by atoms with Gasteiger partial charge in [-0.15, -0.1) is 0 Å². The van der Waals surface area contributed by atoms with Gasteiger partial charge in [0.15, 0.2) is 0 Å². The Labute approximate surface area is 97.4 Å². The predicted octanol–water partition coefficient (Wildman–Crippen LogP) is 3.25. The van der Waals surface area contributed by atoms with E-state index in [0.29, 0.717) is 6.54 Å². The van der Waals surface area contributed by atoms with Crippen molar-refractivity contribution in [2.75, 3.05) is 6.54 Å². The molecule has 0 heterocycles. The van der Waals surface area contributed by atoms with Crippen LogP contribution in [0.15, 0.2) is 29.3 Å². The van der Waals surface area contributed by atoms with Crippen molar-refractivity contribution in [3.63, 3.8) is 0 Å². The maximum absolute atomic E-state index is 9.88. The first-order chi connectivity index (χ1) is 7.54. The second-order valence-electron chi connectivity index (χ2n) is 5.02. The molecule has 0 fully saturated rings. The Morgan fingerprint density at radius 1 is 1.19 bits per heavy atom. The molecule has 0 aliphatic carbocycles. The third-order valence-corrected chi connectivity index (χ3v) is 2.62. The molecule has 0 aliphatic rings. The number of aliphatic imine (C=N–C) groups is 1. The largest absolute Gasteiger partial charge is 0.234 e. The van der Waals surface area contributed by atoms with Gasteiger partial charge in [0.05, 0.1) is 6.54 Å². The summed E-state index contributed by atoms with van der Waals surface area (Å²) in [7, 11) is 0. The van der Waals surface area contributed by atoms with Gasteiger partial charge in [0, 0.05) is 0 Å². The smallest absolute Gasteiger partial charge is 0.211 e. The van der Waals surface area contributed by atoms with Crippen LogP contribution in [0.2, 0.25) is 0 Å². The Hall–Kier alpha value is -1.40. The fourth-order valence-corrected chi connectivity index (χ4v) is 1.58. The molecule has 0 atom stereocenters. The van der Waals surface area contributed by atoms with E-state index in [9.17, 15) is 4.79 Å². The third kappa shape index (κ3) is 4.00. The van der Waals surface area contributed by atoms with Crippen LogP contribution in [0.25, 0.3) is 0 Å². The number of nitrogens with zero attached hydrogens (tertiary/aromatic N) is 1. The highest BCUT2D eigenvalue weighted by atomic mass is 16.1. The molecule has 86 valence electrons. The lowest BCUT2D eigenvalue weighted by atomic mass is 9.86. The van der Waals surface area contributed by atoms with Gasteiger partial charge in [-0.1, -0.05) is 45.0 Å². The molecule has 1 aromatic carbocycles. The molecule has 2 heteroatoms. The van der Waals surface area contributed by atoms with Gasteiger partial charge in [0.1, 0.15) is 0 Å². The molecular formula is C14H19NO. The minimum atomic E-state index is 0.209. The summed E-state index contributed by atoms with van der Waals surface area (Å²) in [5.74, 6) is 0. The third-order valence-electron chi connectivity index (χ3n) is 2.62. The highest BCUT2D eigenvalue weighted by molar-refractivity contribution is 5.32. The fourth-order valence-electron chi connectivity index (χ4n) is 1.58. The predicted molar refractivity (Wildman–Crippen MR) is 66.5 cm³/mol. The Balaban J connectivity index is 2.55. The van der Waals surface area contributed by atoms with Crippen molar-refractivity contribution in [3.05, 3.63) is 35.4 Å². The summed E-state index contributed by atoms with van der Waals surface area (Å²) in [4.78, 5) is 13.4. The molecule has 0 aliphatic heterocycles. The fraction of sp³-hybridized carbons (Fsp3) is 0.500. The van der Waals surface area contributed by atoms with E-state index < -0.39 is 0 Å². The molecule has 0 aromatic heterocycles. The molecule has 1 aromatic rings. The zero-order valence-corrected chi connectivity index (χ0v) is 10.3. The summed E-state index contributed by atoms with van der Waals surface area (Å²) >= 11 is 0. The van der Waals surface area contributed by atoms with Crippen molar-refractivity contribution in [1.29, 1.82) is 0 Å². The van der Waals surface area contributed by atoms with Crippen molar-refractivity contribution < 1.29 is 4.79 Å². The molecule has 2 nitrogen and oxygen atoms in total. The summed E-state index contributed by atoms with van der Waals surface area (Å²) in [5, 5.41) is 0. The van der Waals surface area contributed by atoms with Gasteiger partial charge >= 0.3 is 0 Å². The van der Waals surface area contributed by atoms with Crippen molar-refractivity contribution >= 4 is 6.08 Å². The van der Waals surface area contributed by atoms with E-state index in [1.54, 1.807) is 6.08 Å². The number of aryl methyl sites for hydroxylation is 1. The molecular weight excluding hydrogens is 198 g/mol. The van der Waals surface area contributed by atoms with E-state index in [1.807, 2.05) is 0 Å². The summed E-state index contributed by atoms with van der Waals surface area (Å²) in [6.45, 7) is 7.20. The number of hydrogen-bond acceptors (Lipinski definition) is 2. The lowest BCUT2D eigenvalue weighted by Gasteiger charge is -2.19. The number of rotatable bonds is 4. The summed E-state index contributed by atoms with van der Waals surface area (Å²) in [6.07, 6.45) is 3.43. The van der Waals surface area contributed by atoms with Crippen LogP contribution >= 0.6 is 0 Å². The van der Waals surface area contributed by atoms with Gasteiger partial charge in [0.2, 0.25) is 6.08 Å². The maximum atomic E-state index is 9.88. The molecule has 0 saturated heterocycles. The number of hydrogen-bond donors (Lipinski definition) is 0. The van der Waals surface area contributed by atoms with Crippen LogP contribution in [-0.4, -0.2) is 12.6 Å². The van der Waals surface area contributed by atoms with Crippen molar-refractivity contribution in [1.82, 2.24) is 0 Å². The first-order valence-corrected chi connectivity index (χ1v) is 5.67. The molecule has 1 rings (SSSR count). The summed E-state index contributed by atoms with van der Waals surface area (Å²) in [5.41, 5.74) is 2.86. The molecule has 0 saturated carbocycles. The molecule has 0 N–H and O–H groups in total. The molecule has 0 spiro atoms. The van der Waals surface area contributed by atoms with E-state index in [4.69, 9.17) is 0 Å². The minimum absolute atomic E-state index is 0.209. The van der Waals surface area contributed by atoms with Gasteiger partial charge in [-0.2, -0.15) is 0 Å². The van der Waals surface area contributed by atoms with Crippen LogP contribution < -0.4 is 0 Å². The average Bonchev–Trinajstić information content (AvgIpc) is 2.24. The van der Waals surface area contributed by atoms with Crippen LogP contribution in [0.5, 0.6) is 0 Å².